The third kappa shape index (κ3) is 4.16. The topological polar surface area (TPSA) is 67.3 Å². The van der Waals surface area contributed by atoms with Gasteiger partial charge in [0.2, 0.25) is 5.89 Å². The van der Waals surface area contributed by atoms with Gasteiger partial charge in [0.1, 0.15) is 0 Å². The lowest BCUT2D eigenvalue weighted by molar-refractivity contribution is 0.350. The number of nitrogens with zero attached hydrogens (tertiary/aromatic N) is 3. The van der Waals surface area contributed by atoms with Gasteiger partial charge in [-0.1, -0.05) is 13.0 Å². The van der Waals surface area contributed by atoms with Gasteiger partial charge in [-0.25, -0.2) is 0 Å². The number of rotatable bonds is 7. The molecule has 0 saturated heterocycles. The smallest absolute Gasteiger partial charge is 0.283 e. The third-order valence-corrected chi connectivity index (χ3v) is 3.11. The fourth-order valence-electron chi connectivity index (χ4n) is 1.77. The van der Waals surface area contributed by atoms with Crippen molar-refractivity contribution in [2.45, 2.75) is 19.9 Å². The lowest BCUT2D eigenvalue weighted by atomic mass is 10.4. The summed E-state index contributed by atoms with van der Waals surface area (Å²) in [6.07, 6.45) is 4.30. The van der Waals surface area contributed by atoms with Crippen LogP contribution in [0.15, 0.2) is 39.9 Å². The molecule has 2 heterocycles. The van der Waals surface area contributed by atoms with Crippen molar-refractivity contribution in [3.05, 3.63) is 36.9 Å². The van der Waals surface area contributed by atoms with Crippen LogP contribution in [-0.4, -0.2) is 33.3 Å². The van der Waals surface area contributed by atoms with Crippen LogP contribution in [0.5, 0.6) is 0 Å². The van der Waals surface area contributed by atoms with Gasteiger partial charge < -0.3 is 19.1 Å². The van der Waals surface area contributed by atoms with Crippen LogP contribution in [0.2, 0.25) is 0 Å². The molecule has 0 fully saturated rings. The van der Waals surface area contributed by atoms with Crippen LogP contribution in [0.4, 0.5) is 0 Å². The van der Waals surface area contributed by atoms with Crippen LogP contribution in [0.1, 0.15) is 19.2 Å². The zero-order chi connectivity index (χ0) is 15.1. The van der Waals surface area contributed by atoms with Crippen molar-refractivity contribution in [2.75, 3.05) is 13.1 Å². The summed E-state index contributed by atoms with van der Waals surface area (Å²) in [5.41, 5.74) is 0. The molecule has 21 heavy (non-hydrogen) atoms. The zero-order valence-electron chi connectivity index (χ0n) is 11.9. The first kappa shape index (κ1) is 15.2. The molecule has 0 spiro atoms. The first-order chi connectivity index (χ1) is 10.2. The van der Waals surface area contributed by atoms with Crippen molar-refractivity contribution in [1.29, 1.82) is 0 Å². The molecule has 0 saturated carbocycles. The van der Waals surface area contributed by atoms with Crippen LogP contribution in [0.3, 0.4) is 0 Å². The van der Waals surface area contributed by atoms with E-state index >= 15 is 0 Å². The Morgan fingerprint density at radius 2 is 2.38 bits per heavy atom. The van der Waals surface area contributed by atoms with Gasteiger partial charge in [-0.05, 0) is 30.8 Å². The largest absolute Gasteiger partial charge is 0.459 e. The second-order valence-electron chi connectivity index (χ2n) is 4.37. The second kappa shape index (κ2) is 7.58. The predicted octanol–water partition coefficient (Wildman–Crippen LogP) is 2.60. The van der Waals surface area contributed by atoms with E-state index in [0.717, 1.165) is 13.0 Å². The molecule has 2 aromatic rings. The molecule has 0 amide bonds. The van der Waals surface area contributed by atoms with E-state index < -0.39 is 0 Å². The molecule has 0 aliphatic carbocycles. The van der Waals surface area contributed by atoms with Gasteiger partial charge in [0, 0.05) is 13.1 Å². The van der Waals surface area contributed by atoms with Gasteiger partial charge >= 0.3 is 0 Å². The van der Waals surface area contributed by atoms with Gasteiger partial charge in [-0.2, -0.15) is 0 Å². The van der Waals surface area contributed by atoms with Crippen molar-refractivity contribution in [3.63, 3.8) is 0 Å². The number of hydrogen-bond donors (Lipinski definition) is 1. The van der Waals surface area contributed by atoms with Crippen LogP contribution >= 0.6 is 12.2 Å². The Hall–Kier alpha value is -2.15. The highest BCUT2D eigenvalue weighted by atomic mass is 32.1. The maximum absolute atomic E-state index is 5.59. The average Bonchev–Trinajstić information content (AvgIpc) is 3.14. The molecule has 0 unspecified atom stereocenters. The van der Waals surface area contributed by atoms with Crippen molar-refractivity contribution in [3.8, 4) is 11.7 Å². The molecular weight excluding hydrogens is 288 g/mol. The summed E-state index contributed by atoms with van der Waals surface area (Å²) >= 11 is 5.35. The van der Waals surface area contributed by atoms with E-state index in [9.17, 15) is 0 Å². The van der Waals surface area contributed by atoms with Crippen molar-refractivity contribution < 1.29 is 8.83 Å². The molecule has 0 radical (unpaired) electrons. The Balaban J connectivity index is 2.03. The highest BCUT2D eigenvalue weighted by Crippen LogP contribution is 2.18. The molecule has 112 valence electrons. The summed E-state index contributed by atoms with van der Waals surface area (Å²) in [7, 11) is 0. The lowest BCUT2D eigenvalue weighted by Gasteiger charge is -2.23. The lowest BCUT2D eigenvalue weighted by Crippen LogP contribution is -2.39. The van der Waals surface area contributed by atoms with Crippen LogP contribution in [0.25, 0.3) is 11.7 Å². The normalized spacial score (nSPS) is 10.3. The van der Waals surface area contributed by atoms with Crippen LogP contribution < -0.4 is 5.32 Å². The second-order valence-corrected chi connectivity index (χ2v) is 4.76. The number of hydrogen-bond acceptors (Lipinski definition) is 5. The van der Waals surface area contributed by atoms with Crippen LogP contribution in [0, 0.1) is 0 Å². The van der Waals surface area contributed by atoms with Gasteiger partial charge in [-0.3, -0.25) is 0 Å². The zero-order valence-corrected chi connectivity index (χ0v) is 12.7. The minimum absolute atomic E-state index is 0.372. The quantitative estimate of drug-likeness (QED) is 0.623. The summed E-state index contributed by atoms with van der Waals surface area (Å²) in [6.45, 7) is 7.65. The molecule has 7 heteroatoms. The Morgan fingerprint density at radius 3 is 3.05 bits per heavy atom. The van der Waals surface area contributed by atoms with E-state index in [-0.39, 0.29) is 0 Å². The van der Waals surface area contributed by atoms with Crippen molar-refractivity contribution >= 4 is 17.3 Å². The monoisotopic (exact) mass is 306 g/mol. The van der Waals surface area contributed by atoms with Gasteiger partial charge in [-0.15, -0.1) is 16.8 Å². The Kier molecular flexibility index (Phi) is 5.51. The summed E-state index contributed by atoms with van der Waals surface area (Å²) in [6, 6.07) is 3.55. The first-order valence-corrected chi connectivity index (χ1v) is 7.15. The maximum Gasteiger partial charge on any atom is 0.283 e. The molecule has 0 aliphatic heterocycles. The van der Waals surface area contributed by atoms with Gasteiger partial charge in [0.25, 0.3) is 5.89 Å². The third-order valence-electron chi connectivity index (χ3n) is 2.70. The minimum atomic E-state index is 0.372. The molecule has 2 aromatic heterocycles. The van der Waals surface area contributed by atoms with E-state index in [0.29, 0.717) is 35.7 Å². The summed E-state index contributed by atoms with van der Waals surface area (Å²) < 4.78 is 10.8. The molecule has 0 aliphatic rings. The molecule has 1 N–H and O–H groups in total. The van der Waals surface area contributed by atoms with E-state index in [1.807, 2.05) is 4.90 Å². The number of thiocarbonyl (C=S) groups is 1. The average molecular weight is 306 g/mol. The highest BCUT2D eigenvalue weighted by Gasteiger charge is 2.15. The molecule has 0 bridgehead atoms. The molecule has 0 atom stereocenters. The van der Waals surface area contributed by atoms with Crippen molar-refractivity contribution in [1.82, 2.24) is 20.4 Å². The molecule has 6 nitrogen and oxygen atoms in total. The Labute approximate surface area is 128 Å². The van der Waals surface area contributed by atoms with E-state index in [1.54, 1.807) is 24.5 Å². The van der Waals surface area contributed by atoms with Gasteiger partial charge in [0.05, 0.1) is 12.8 Å². The number of aromatic nitrogens is 2. The minimum Gasteiger partial charge on any atom is -0.459 e. The summed E-state index contributed by atoms with van der Waals surface area (Å²) in [4.78, 5) is 1.98. The molecule has 2 rings (SSSR count). The maximum atomic E-state index is 5.59. The van der Waals surface area contributed by atoms with E-state index in [2.05, 4.69) is 29.0 Å². The van der Waals surface area contributed by atoms with Gasteiger partial charge in [0.15, 0.2) is 10.9 Å². The molecule has 0 aromatic carbocycles. The standard InChI is InChI=1S/C14H18N4O2S/c1-3-7-15-14(21)18(8-4-2)10-12-16-17-13(20-12)11-6-5-9-19-11/h3,5-6,9H,1,4,7-8,10H2,2H3,(H,15,21). The fourth-order valence-corrected chi connectivity index (χ4v) is 2.01. The van der Waals surface area contributed by atoms with E-state index in [1.165, 1.54) is 0 Å². The Morgan fingerprint density at radius 1 is 1.52 bits per heavy atom. The number of nitrogens with one attached hydrogen (secondary N) is 1. The molecular formula is C14H18N4O2S. The van der Waals surface area contributed by atoms with E-state index in [4.69, 9.17) is 21.1 Å². The first-order valence-electron chi connectivity index (χ1n) is 6.74. The summed E-state index contributed by atoms with van der Waals surface area (Å²) in [5.74, 6) is 1.43. The summed E-state index contributed by atoms with van der Waals surface area (Å²) in [5, 5.41) is 11.8. The number of furan rings is 1. The highest BCUT2D eigenvalue weighted by molar-refractivity contribution is 7.80. The van der Waals surface area contributed by atoms with Crippen LogP contribution in [-0.2, 0) is 6.54 Å². The SMILES string of the molecule is C=CCNC(=S)N(CCC)Cc1nnc(-c2ccco2)o1. The fraction of sp³-hybridized carbons (Fsp3) is 0.357. The predicted molar refractivity (Wildman–Crippen MR) is 83.5 cm³/mol. The van der Waals surface area contributed by atoms with Crippen molar-refractivity contribution in [2.24, 2.45) is 0 Å². The Bertz CT molecular complexity index is 580.